The van der Waals surface area contributed by atoms with Crippen LogP contribution in [-0.4, -0.2) is 29.9 Å². The molecule has 3 aromatic heterocycles. The molecular formula is C10H9N7S. The Hall–Kier alpha value is -2.22. The number of H-pyrrole nitrogens is 1. The van der Waals surface area contributed by atoms with E-state index < -0.39 is 0 Å². The Morgan fingerprint density at radius 1 is 1.11 bits per heavy atom. The van der Waals surface area contributed by atoms with Crippen LogP contribution in [0.25, 0.3) is 11.2 Å². The molecular weight excluding hydrogens is 250 g/mol. The number of thioether (sulfide) groups is 1. The highest BCUT2D eigenvalue weighted by Crippen LogP contribution is 2.24. The first-order chi connectivity index (χ1) is 8.83. The van der Waals surface area contributed by atoms with E-state index in [1.54, 1.807) is 30.5 Å². The first kappa shape index (κ1) is 10.9. The molecule has 8 heteroatoms. The van der Waals surface area contributed by atoms with Gasteiger partial charge in [-0.05, 0) is 0 Å². The highest BCUT2D eigenvalue weighted by molar-refractivity contribution is 7.98. The fraction of sp³-hybridized carbons (Fsp3) is 0.100. The monoisotopic (exact) mass is 259 g/mol. The summed E-state index contributed by atoms with van der Waals surface area (Å²) < 4.78 is 0. The molecule has 0 spiro atoms. The zero-order chi connectivity index (χ0) is 12.4. The van der Waals surface area contributed by atoms with Gasteiger partial charge in [-0.2, -0.15) is 0 Å². The summed E-state index contributed by atoms with van der Waals surface area (Å²) in [5.41, 5.74) is 7.83. The van der Waals surface area contributed by atoms with Crippen molar-refractivity contribution in [3.05, 3.63) is 30.7 Å². The van der Waals surface area contributed by atoms with Crippen LogP contribution in [0.3, 0.4) is 0 Å². The number of hydrogen-bond donors (Lipinski definition) is 2. The third-order valence-electron chi connectivity index (χ3n) is 2.27. The van der Waals surface area contributed by atoms with Crippen LogP contribution in [0, 0.1) is 0 Å². The number of fused-ring (bicyclic) bond motifs is 1. The number of aromatic amines is 1. The number of nitrogens with zero attached hydrogens (tertiary/aromatic N) is 5. The molecule has 3 N–H and O–H groups in total. The van der Waals surface area contributed by atoms with Gasteiger partial charge in [-0.25, -0.2) is 19.9 Å². The molecule has 18 heavy (non-hydrogen) atoms. The molecule has 0 saturated heterocycles. The predicted molar refractivity (Wildman–Crippen MR) is 67.7 cm³/mol. The van der Waals surface area contributed by atoms with Crippen molar-refractivity contribution in [2.45, 2.75) is 10.8 Å². The van der Waals surface area contributed by atoms with Gasteiger partial charge in [-0.15, -0.1) is 0 Å². The van der Waals surface area contributed by atoms with Crippen LogP contribution in [0.5, 0.6) is 0 Å². The van der Waals surface area contributed by atoms with E-state index in [1.807, 2.05) is 0 Å². The van der Waals surface area contributed by atoms with Crippen LogP contribution >= 0.6 is 11.8 Å². The lowest BCUT2D eigenvalue weighted by Gasteiger charge is -2.01. The first-order valence-corrected chi connectivity index (χ1v) is 6.15. The van der Waals surface area contributed by atoms with Gasteiger partial charge in [0.25, 0.3) is 0 Å². The molecule has 0 radical (unpaired) electrons. The summed E-state index contributed by atoms with van der Waals surface area (Å²) in [5.74, 6) is 1.08. The second kappa shape index (κ2) is 4.57. The van der Waals surface area contributed by atoms with E-state index >= 15 is 0 Å². The Bertz CT molecular complexity index is 663. The van der Waals surface area contributed by atoms with Crippen molar-refractivity contribution in [3.63, 3.8) is 0 Å². The van der Waals surface area contributed by atoms with Gasteiger partial charge in [0.2, 0.25) is 0 Å². The molecule has 0 aliphatic carbocycles. The van der Waals surface area contributed by atoms with Crippen molar-refractivity contribution >= 4 is 28.7 Å². The predicted octanol–water partition coefficient (Wildman–Crippen LogP) is 1.02. The molecule has 0 fully saturated rings. The summed E-state index contributed by atoms with van der Waals surface area (Å²) in [6.07, 6.45) is 6.31. The Labute approximate surface area is 106 Å². The molecule has 3 rings (SSSR count). The van der Waals surface area contributed by atoms with E-state index in [9.17, 15) is 0 Å². The molecule has 0 amide bonds. The standard InChI is InChI=1S/C10H9N7S/c11-7-2-12-6(1-13-7)3-18-10-8-9(15-4-14-8)16-5-17-10/h1-2,4-5H,3H2,(H2,11,13)(H,14,15,16,17). The third-order valence-corrected chi connectivity index (χ3v) is 3.29. The number of nitrogens with one attached hydrogen (secondary N) is 1. The summed E-state index contributed by atoms with van der Waals surface area (Å²) in [6, 6.07) is 0. The number of aromatic nitrogens is 6. The van der Waals surface area contributed by atoms with Crippen molar-refractivity contribution in [1.29, 1.82) is 0 Å². The van der Waals surface area contributed by atoms with Gasteiger partial charge < -0.3 is 10.7 Å². The molecule has 0 saturated carbocycles. The number of nitrogens with two attached hydrogens (primary N) is 1. The van der Waals surface area contributed by atoms with Crippen molar-refractivity contribution < 1.29 is 0 Å². The molecule has 0 bridgehead atoms. The maximum atomic E-state index is 5.48. The van der Waals surface area contributed by atoms with E-state index in [-0.39, 0.29) is 0 Å². The van der Waals surface area contributed by atoms with Crippen LogP contribution in [0.1, 0.15) is 5.69 Å². The van der Waals surface area contributed by atoms with Gasteiger partial charge in [-0.3, -0.25) is 4.98 Å². The number of rotatable bonds is 3. The van der Waals surface area contributed by atoms with E-state index in [0.717, 1.165) is 16.2 Å². The Kier molecular flexibility index (Phi) is 2.77. The topological polar surface area (TPSA) is 106 Å². The molecule has 0 aliphatic rings. The second-order valence-corrected chi connectivity index (χ2v) is 4.47. The van der Waals surface area contributed by atoms with Gasteiger partial charge >= 0.3 is 0 Å². The number of imidazole rings is 1. The minimum absolute atomic E-state index is 0.418. The zero-order valence-corrected chi connectivity index (χ0v) is 10.1. The fourth-order valence-electron chi connectivity index (χ4n) is 1.43. The number of nitrogen functional groups attached to an aromatic ring is 1. The van der Waals surface area contributed by atoms with Gasteiger partial charge in [0.15, 0.2) is 5.65 Å². The summed E-state index contributed by atoms with van der Waals surface area (Å²) in [7, 11) is 0. The zero-order valence-electron chi connectivity index (χ0n) is 9.24. The largest absolute Gasteiger partial charge is 0.382 e. The maximum absolute atomic E-state index is 5.48. The van der Waals surface area contributed by atoms with Crippen molar-refractivity contribution in [2.24, 2.45) is 0 Å². The lowest BCUT2D eigenvalue weighted by molar-refractivity contribution is 1.07. The molecule has 3 heterocycles. The Balaban J connectivity index is 1.80. The van der Waals surface area contributed by atoms with Crippen LogP contribution in [0.15, 0.2) is 30.1 Å². The minimum Gasteiger partial charge on any atom is -0.382 e. The molecule has 3 aromatic rings. The quantitative estimate of drug-likeness (QED) is 0.534. The van der Waals surface area contributed by atoms with Gasteiger partial charge in [0, 0.05) is 5.75 Å². The van der Waals surface area contributed by atoms with Gasteiger partial charge in [-0.1, -0.05) is 11.8 Å². The van der Waals surface area contributed by atoms with Gasteiger partial charge in [0.05, 0.1) is 24.4 Å². The molecule has 0 aliphatic heterocycles. The Morgan fingerprint density at radius 2 is 2.06 bits per heavy atom. The average Bonchev–Trinajstić information content (AvgIpc) is 2.87. The molecule has 0 aromatic carbocycles. The molecule has 0 unspecified atom stereocenters. The summed E-state index contributed by atoms with van der Waals surface area (Å²) in [4.78, 5) is 23.6. The van der Waals surface area contributed by atoms with Crippen LogP contribution in [-0.2, 0) is 5.75 Å². The van der Waals surface area contributed by atoms with Crippen LogP contribution in [0.2, 0.25) is 0 Å². The molecule has 0 atom stereocenters. The molecule has 7 nitrogen and oxygen atoms in total. The molecule has 90 valence electrons. The van der Waals surface area contributed by atoms with Crippen LogP contribution in [0.4, 0.5) is 5.82 Å². The maximum Gasteiger partial charge on any atom is 0.181 e. The summed E-state index contributed by atoms with van der Waals surface area (Å²) in [5, 5.41) is 0.844. The van der Waals surface area contributed by atoms with E-state index in [0.29, 0.717) is 17.2 Å². The van der Waals surface area contributed by atoms with Crippen molar-refractivity contribution in [1.82, 2.24) is 29.9 Å². The van der Waals surface area contributed by atoms with E-state index in [1.165, 1.54) is 6.33 Å². The second-order valence-electron chi connectivity index (χ2n) is 3.50. The Morgan fingerprint density at radius 3 is 2.89 bits per heavy atom. The highest BCUT2D eigenvalue weighted by Gasteiger charge is 2.07. The summed E-state index contributed by atoms with van der Waals surface area (Å²) >= 11 is 1.55. The van der Waals surface area contributed by atoms with Crippen LogP contribution < -0.4 is 5.73 Å². The summed E-state index contributed by atoms with van der Waals surface area (Å²) in [6.45, 7) is 0. The van der Waals surface area contributed by atoms with E-state index in [2.05, 4.69) is 29.9 Å². The number of anilines is 1. The highest BCUT2D eigenvalue weighted by atomic mass is 32.2. The average molecular weight is 259 g/mol. The number of hydrogen-bond acceptors (Lipinski definition) is 7. The minimum atomic E-state index is 0.418. The van der Waals surface area contributed by atoms with Gasteiger partial charge in [0.1, 0.15) is 22.7 Å². The van der Waals surface area contributed by atoms with Crippen molar-refractivity contribution in [3.8, 4) is 0 Å². The normalized spacial score (nSPS) is 10.9. The van der Waals surface area contributed by atoms with E-state index in [4.69, 9.17) is 5.73 Å². The first-order valence-electron chi connectivity index (χ1n) is 5.16. The third kappa shape index (κ3) is 2.09. The van der Waals surface area contributed by atoms with Crippen molar-refractivity contribution in [2.75, 3.05) is 5.73 Å². The lowest BCUT2D eigenvalue weighted by Crippen LogP contribution is -1.94. The SMILES string of the molecule is Nc1cnc(CSc2ncnc3nc[nH]c23)cn1. The lowest BCUT2D eigenvalue weighted by atomic mass is 10.5. The fourth-order valence-corrected chi connectivity index (χ4v) is 2.28. The smallest absolute Gasteiger partial charge is 0.181 e.